The van der Waals surface area contributed by atoms with Gasteiger partial charge in [-0.1, -0.05) is 26.0 Å². The number of nitrogens with one attached hydrogen (secondary N) is 3. The Morgan fingerprint density at radius 2 is 2.04 bits per heavy atom. The van der Waals surface area contributed by atoms with Crippen molar-refractivity contribution in [2.24, 2.45) is 11.8 Å². The van der Waals surface area contributed by atoms with Crippen molar-refractivity contribution in [3.8, 4) is 0 Å². The Hall–Kier alpha value is -1.88. The van der Waals surface area contributed by atoms with Gasteiger partial charge < -0.3 is 16.0 Å². The molecule has 0 saturated carbocycles. The predicted molar refractivity (Wildman–Crippen MR) is 91.0 cm³/mol. The molecule has 1 fully saturated rings. The van der Waals surface area contributed by atoms with Crippen LogP contribution >= 0.6 is 0 Å². The Morgan fingerprint density at radius 1 is 1.30 bits per heavy atom. The molecule has 2 unspecified atom stereocenters. The van der Waals surface area contributed by atoms with Crippen LogP contribution in [0.4, 0.5) is 0 Å². The molecular formula is C18H27N3O2. The summed E-state index contributed by atoms with van der Waals surface area (Å²) in [7, 11) is 0. The molecule has 1 saturated heterocycles. The van der Waals surface area contributed by atoms with E-state index < -0.39 is 0 Å². The van der Waals surface area contributed by atoms with Crippen LogP contribution in [0, 0.1) is 11.8 Å². The van der Waals surface area contributed by atoms with Crippen LogP contribution in [0.15, 0.2) is 24.3 Å². The highest BCUT2D eigenvalue weighted by atomic mass is 16.2. The van der Waals surface area contributed by atoms with E-state index in [1.54, 1.807) is 6.07 Å². The molecule has 2 atom stereocenters. The van der Waals surface area contributed by atoms with Crippen molar-refractivity contribution in [2.45, 2.75) is 39.8 Å². The largest absolute Gasteiger partial charge is 0.352 e. The molecule has 0 radical (unpaired) electrons. The van der Waals surface area contributed by atoms with Crippen molar-refractivity contribution in [3.05, 3.63) is 35.4 Å². The summed E-state index contributed by atoms with van der Waals surface area (Å²) in [4.78, 5) is 24.3. The van der Waals surface area contributed by atoms with Gasteiger partial charge in [0.25, 0.3) is 5.91 Å². The number of benzene rings is 1. The van der Waals surface area contributed by atoms with Crippen LogP contribution < -0.4 is 16.0 Å². The summed E-state index contributed by atoms with van der Waals surface area (Å²) in [6.07, 6.45) is 0.898. The predicted octanol–water partition coefficient (Wildman–Crippen LogP) is 1.69. The Bertz CT molecular complexity index is 555. The van der Waals surface area contributed by atoms with E-state index in [0.717, 1.165) is 25.1 Å². The van der Waals surface area contributed by atoms with Crippen LogP contribution in [0.3, 0.4) is 0 Å². The van der Waals surface area contributed by atoms with Crippen LogP contribution in [-0.2, 0) is 11.3 Å². The number of carbonyl (C=O) groups is 2. The Morgan fingerprint density at radius 3 is 2.65 bits per heavy atom. The average Bonchev–Trinajstić information content (AvgIpc) is 2.50. The van der Waals surface area contributed by atoms with Gasteiger partial charge >= 0.3 is 0 Å². The van der Waals surface area contributed by atoms with E-state index in [-0.39, 0.29) is 23.8 Å². The molecule has 2 rings (SSSR count). The van der Waals surface area contributed by atoms with Gasteiger partial charge in [0.1, 0.15) is 0 Å². The summed E-state index contributed by atoms with van der Waals surface area (Å²) >= 11 is 0. The van der Waals surface area contributed by atoms with Crippen LogP contribution in [0.1, 0.15) is 43.1 Å². The molecular weight excluding hydrogens is 290 g/mol. The number of amides is 2. The summed E-state index contributed by atoms with van der Waals surface area (Å²) in [5, 5.41) is 9.11. The van der Waals surface area contributed by atoms with Crippen molar-refractivity contribution in [1.82, 2.24) is 16.0 Å². The molecule has 0 aromatic heterocycles. The first-order valence-corrected chi connectivity index (χ1v) is 8.39. The van der Waals surface area contributed by atoms with Gasteiger partial charge in [-0.05, 0) is 50.0 Å². The van der Waals surface area contributed by atoms with Crippen molar-refractivity contribution in [1.29, 1.82) is 0 Å². The number of rotatable bonds is 7. The minimum Gasteiger partial charge on any atom is -0.352 e. The highest BCUT2D eigenvalue weighted by Gasteiger charge is 2.28. The van der Waals surface area contributed by atoms with Crippen LogP contribution in [0.5, 0.6) is 0 Å². The lowest BCUT2D eigenvalue weighted by Gasteiger charge is -2.31. The number of carbonyl (C=O) groups excluding carboxylic acids is 2. The molecule has 5 heteroatoms. The molecule has 3 N–H and O–H groups in total. The minimum absolute atomic E-state index is 0.0214. The van der Waals surface area contributed by atoms with Crippen LogP contribution in [0.2, 0.25) is 0 Å². The van der Waals surface area contributed by atoms with Crippen molar-refractivity contribution in [3.63, 3.8) is 0 Å². The second kappa shape index (κ2) is 8.11. The van der Waals surface area contributed by atoms with Gasteiger partial charge in [0.15, 0.2) is 0 Å². The van der Waals surface area contributed by atoms with Crippen molar-refractivity contribution >= 4 is 11.8 Å². The highest BCUT2D eigenvalue weighted by Crippen LogP contribution is 2.16. The van der Waals surface area contributed by atoms with Crippen molar-refractivity contribution < 1.29 is 9.59 Å². The number of hydrogen-bond acceptors (Lipinski definition) is 3. The van der Waals surface area contributed by atoms with Gasteiger partial charge in [0.05, 0.1) is 0 Å². The highest BCUT2D eigenvalue weighted by molar-refractivity contribution is 5.94. The lowest BCUT2D eigenvalue weighted by molar-refractivity contribution is -0.126. The zero-order valence-corrected chi connectivity index (χ0v) is 14.2. The first-order valence-electron chi connectivity index (χ1n) is 8.39. The lowest BCUT2D eigenvalue weighted by Crippen LogP contribution is -2.49. The first-order chi connectivity index (χ1) is 11.0. The molecule has 1 aliphatic rings. The molecule has 2 amide bonds. The quantitative estimate of drug-likeness (QED) is 0.717. The molecule has 0 bridgehead atoms. The van der Waals surface area contributed by atoms with E-state index in [9.17, 15) is 9.59 Å². The van der Waals surface area contributed by atoms with Gasteiger partial charge in [0.2, 0.25) is 5.91 Å². The molecule has 1 aromatic rings. The topological polar surface area (TPSA) is 70.2 Å². The van der Waals surface area contributed by atoms with E-state index >= 15 is 0 Å². The van der Waals surface area contributed by atoms with Crippen LogP contribution in [-0.4, -0.2) is 30.9 Å². The third-order valence-electron chi connectivity index (χ3n) is 4.58. The first kappa shape index (κ1) is 17.5. The zero-order valence-electron chi connectivity index (χ0n) is 14.2. The summed E-state index contributed by atoms with van der Waals surface area (Å²) in [5.41, 5.74) is 1.57. The van der Waals surface area contributed by atoms with Crippen LogP contribution in [0.25, 0.3) is 0 Å². The lowest BCUT2D eigenvalue weighted by atomic mass is 9.88. The maximum absolute atomic E-state index is 12.1. The Balaban J connectivity index is 1.89. The summed E-state index contributed by atoms with van der Waals surface area (Å²) in [5.74, 6) is 0.461. The third kappa shape index (κ3) is 4.79. The summed E-state index contributed by atoms with van der Waals surface area (Å²) < 4.78 is 0. The van der Waals surface area contributed by atoms with E-state index in [1.165, 1.54) is 0 Å². The summed E-state index contributed by atoms with van der Waals surface area (Å²) in [6.45, 7) is 8.28. The smallest absolute Gasteiger partial charge is 0.251 e. The molecule has 0 spiro atoms. The fourth-order valence-electron chi connectivity index (χ4n) is 2.46. The van der Waals surface area contributed by atoms with E-state index in [2.05, 4.69) is 16.0 Å². The molecule has 1 aliphatic heterocycles. The van der Waals surface area contributed by atoms with Crippen molar-refractivity contribution in [2.75, 3.05) is 13.1 Å². The maximum Gasteiger partial charge on any atom is 0.251 e. The Labute approximate surface area is 138 Å². The number of hydrogen-bond donors (Lipinski definition) is 3. The van der Waals surface area contributed by atoms with Gasteiger partial charge in [0, 0.05) is 24.1 Å². The normalized spacial score (nSPS) is 17.0. The molecule has 1 heterocycles. The molecule has 0 aliphatic carbocycles. The molecule has 1 aromatic carbocycles. The summed E-state index contributed by atoms with van der Waals surface area (Å²) in [6, 6.07) is 7.57. The van der Waals surface area contributed by atoms with E-state index in [0.29, 0.717) is 18.0 Å². The SMILES string of the molecule is CCC(C)NC(=O)c1cccc(CNC(=O)C(C)C2CNC2)c1. The van der Waals surface area contributed by atoms with Gasteiger partial charge in [-0.3, -0.25) is 9.59 Å². The Kier molecular flexibility index (Phi) is 6.16. The standard InChI is InChI=1S/C18H27N3O2/c1-4-12(2)21-18(23)15-7-5-6-14(8-15)9-20-17(22)13(3)16-10-19-11-16/h5-8,12-13,16,19H,4,9-11H2,1-3H3,(H,20,22)(H,21,23). The fourth-order valence-corrected chi connectivity index (χ4v) is 2.46. The zero-order chi connectivity index (χ0) is 16.8. The molecule has 5 nitrogen and oxygen atoms in total. The monoisotopic (exact) mass is 317 g/mol. The third-order valence-corrected chi connectivity index (χ3v) is 4.58. The maximum atomic E-state index is 12.1. The fraction of sp³-hybridized carbons (Fsp3) is 0.556. The average molecular weight is 317 g/mol. The molecule has 23 heavy (non-hydrogen) atoms. The van der Waals surface area contributed by atoms with E-state index in [1.807, 2.05) is 39.0 Å². The molecule has 126 valence electrons. The second-order valence-corrected chi connectivity index (χ2v) is 6.41. The minimum atomic E-state index is -0.0681. The van der Waals surface area contributed by atoms with E-state index in [4.69, 9.17) is 0 Å². The van der Waals surface area contributed by atoms with Gasteiger partial charge in [-0.25, -0.2) is 0 Å². The van der Waals surface area contributed by atoms with Gasteiger partial charge in [-0.2, -0.15) is 0 Å². The second-order valence-electron chi connectivity index (χ2n) is 6.41. The van der Waals surface area contributed by atoms with Gasteiger partial charge in [-0.15, -0.1) is 0 Å².